The summed E-state index contributed by atoms with van der Waals surface area (Å²) < 4.78 is 1.80. The number of aromatic nitrogens is 3. The summed E-state index contributed by atoms with van der Waals surface area (Å²) in [4.78, 5) is 0. The first-order valence-electron chi connectivity index (χ1n) is 5.67. The van der Waals surface area contributed by atoms with Crippen LogP contribution in [-0.2, 0) is 6.54 Å². The van der Waals surface area contributed by atoms with Crippen LogP contribution in [0.15, 0.2) is 30.5 Å². The zero-order valence-electron chi connectivity index (χ0n) is 9.73. The van der Waals surface area contributed by atoms with Gasteiger partial charge in [-0.1, -0.05) is 29.8 Å². The molecule has 2 rings (SSSR count). The van der Waals surface area contributed by atoms with E-state index in [2.05, 4.69) is 22.6 Å². The minimum absolute atomic E-state index is 0.700. The van der Waals surface area contributed by atoms with E-state index in [0.29, 0.717) is 5.02 Å². The van der Waals surface area contributed by atoms with Gasteiger partial charge in [0, 0.05) is 11.6 Å². The van der Waals surface area contributed by atoms with Crippen molar-refractivity contribution in [3.63, 3.8) is 0 Å². The largest absolute Gasteiger partial charge is 0.311 e. The number of nitrogens with zero attached hydrogens (tertiary/aromatic N) is 3. The van der Waals surface area contributed by atoms with Gasteiger partial charge < -0.3 is 5.32 Å². The zero-order chi connectivity index (χ0) is 12.1. The quantitative estimate of drug-likeness (QED) is 0.829. The molecule has 2 aromatic rings. The maximum absolute atomic E-state index is 5.96. The van der Waals surface area contributed by atoms with Gasteiger partial charge in [-0.25, -0.2) is 4.68 Å². The van der Waals surface area contributed by atoms with E-state index in [9.17, 15) is 0 Å². The van der Waals surface area contributed by atoms with E-state index in [0.717, 1.165) is 30.9 Å². The third kappa shape index (κ3) is 3.05. The Balaban J connectivity index is 2.18. The molecule has 0 fully saturated rings. The van der Waals surface area contributed by atoms with Gasteiger partial charge in [-0.15, -0.1) is 5.10 Å². The van der Waals surface area contributed by atoms with Gasteiger partial charge in [0.2, 0.25) is 0 Å². The highest BCUT2D eigenvalue weighted by molar-refractivity contribution is 6.30. The van der Waals surface area contributed by atoms with Crippen molar-refractivity contribution in [2.24, 2.45) is 0 Å². The maximum Gasteiger partial charge on any atom is 0.0783 e. The molecule has 0 aliphatic carbocycles. The third-order valence-corrected chi connectivity index (χ3v) is 2.64. The molecule has 0 spiro atoms. The van der Waals surface area contributed by atoms with Crippen molar-refractivity contribution in [2.45, 2.75) is 19.9 Å². The second-order valence-electron chi connectivity index (χ2n) is 3.79. The van der Waals surface area contributed by atoms with E-state index in [-0.39, 0.29) is 0 Å². The summed E-state index contributed by atoms with van der Waals surface area (Å²) in [6.07, 6.45) is 2.88. The van der Waals surface area contributed by atoms with Gasteiger partial charge in [-0.2, -0.15) is 0 Å². The van der Waals surface area contributed by atoms with Crippen LogP contribution < -0.4 is 5.32 Å². The van der Waals surface area contributed by atoms with Gasteiger partial charge >= 0.3 is 0 Å². The number of rotatable bonds is 5. The van der Waals surface area contributed by atoms with Crippen LogP contribution in [0.4, 0.5) is 0 Å². The molecular weight excluding hydrogens is 236 g/mol. The average Bonchev–Trinajstić information content (AvgIpc) is 2.78. The second-order valence-corrected chi connectivity index (χ2v) is 4.23. The molecule has 0 saturated heterocycles. The Bertz CT molecular complexity index is 481. The first kappa shape index (κ1) is 12.1. The van der Waals surface area contributed by atoms with Gasteiger partial charge in [0.05, 0.1) is 17.6 Å². The molecular formula is C12H15ClN4. The molecule has 4 nitrogen and oxygen atoms in total. The molecule has 1 aromatic heterocycles. The molecule has 0 unspecified atom stereocenters. The highest BCUT2D eigenvalue weighted by Gasteiger charge is 2.05. The van der Waals surface area contributed by atoms with Crippen LogP contribution in [0.1, 0.15) is 19.0 Å². The van der Waals surface area contributed by atoms with Crippen molar-refractivity contribution in [1.29, 1.82) is 0 Å². The Morgan fingerprint density at radius 1 is 1.41 bits per heavy atom. The highest BCUT2D eigenvalue weighted by Crippen LogP contribution is 2.15. The molecule has 90 valence electrons. The fraction of sp³-hybridized carbons (Fsp3) is 0.333. The van der Waals surface area contributed by atoms with Crippen molar-refractivity contribution in [3.8, 4) is 5.69 Å². The minimum atomic E-state index is 0.700. The Kier molecular flexibility index (Phi) is 4.12. The highest BCUT2D eigenvalue weighted by atomic mass is 35.5. The number of benzene rings is 1. The van der Waals surface area contributed by atoms with Crippen LogP contribution in [0.25, 0.3) is 5.69 Å². The maximum atomic E-state index is 5.96. The summed E-state index contributed by atoms with van der Waals surface area (Å²) >= 11 is 5.96. The molecule has 17 heavy (non-hydrogen) atoms. The van der Waals surface area contributed by atoms with Crippen molar-refractivity contribution < 1.29 is 0 Å². The van der Waals surface area contributed by atoms with E-state index in [1.807, 2.05) is 24.3 Å². The van der Waals surface area contributed by atoms with Crippen LogP contribution in [0, 0.1) is 0 Å². The van der Waals surface area contributed by atoms with E-state index < -0.39 is 0 Å². The van der Waals surface area contributed by atoms with Crippen LogP contribution in [0.5, 0.6) is 0 Å². The molecule has 0 saturated carbocycles. The monoisotopic (exact) mass is 250 g/mol. The fourth-order valence-electron chi connectivity index (χ4n) is 1.60. The first-order chi connectivity index (χ1) is 8.31. The minimum Gasteiger partial charge on any atom is -0.311 e. The lowest BCUT2D eigenvalue weighted by Crippen LogP contribution is -2.16. The molecule has 0 atom stereocenters. The lowest BCUT2D eigenvalue weighted by atomic mass is 10.3. The van der Waals surface area contributed by atoms with Crippen molar-refractivity contribution >= 4 is 11.6 Å². The number of hydrogen-bond donors (Lipinski definition) is 1. The lowest BCUT2D eigenvalue weighted by molar-refractivity contribution is 0.641. The van der Waals surface area contributed by atoms with Crippen LogP contribution in [-0.4, -0.2) is 21.5 Å². The fourth-order valence-corrected chi connectivity index (χ4v) is 1.78. The summed E-state index contributed by atoms with van der Waals surface area (Å²) in [6.45, 7) is 3.88. The van der Waals surface area contributed by atoms with Crippen LogP contribution >= 0.6 is 11.6 Å². The van der Waals surface area contributed by atoms with Crippen molar-refractivity contribution in [2.75, 3.05) is 6.54 Å². The Labute approximate surface area is 106 Å². The van der Waals surface area contributed by atoms with Crippen molar-refractivity contribution in [1.82, 2.24) is 20.3 Å². The normalized spacial score (nSPS) is 10.7. The molecule has 1 N–H and O–H groups in total. The zero-order valence-corrected chi connectivity index (χ0v) is 10.5. The predicted octanol–water partition coefficient (Wildman–Crippen LogP) is 2.42. The number of nitrogens with one attached hydrogen (secondary N) is 1. The molecule has 0 aliphatic heterocycles. The van der Waals surface area contributed by atoms with E-state index in [4.69, 9.17) is 11.6 Å². The number of halogens is 1. The van der Waals surface area contributed by atoms with Gasteiger partial charge in [0.25, 0.3) is 0 Å². The van der Waals surface area contributed by atoms with Crippen LogP contribution in [0.2, 0.25) is 5.02 Å². The van der Waals surface area contributed by atoms with E-state index in [1.165, 1.54) is 0 Å². The predicted molar refractivity (Wildman–Crippen MR) is 68.4 cm³/mol. The second kappa shape index (κ2) is 5.80. The summed E-state index contributed by atoms with van der Waals surface area (Å²) in [7, 11) is 0. The average molecular weight is 251 g/mol. The molecule has 0 aliphatic rings. The first-order valence-corrected chi connectivity index (χ1v) is 6.05. The summed E-state index contributed by atoms with van der Waals surface area (Å²) in [6, 6.07) is 7.59. The SMILES string of the molecule is CCCNCc1cnnn1-c1cccc(Cl)c1. The van der Waals surface area contributed by atoms with E-state index >= 15 is 0 Å². The van der Waals surface area contributed by atoms with Gasteiger partial charge in [-0.3, -0.25) is 0 Å². The van der Waals surface area contributed by atoms with Crippen molar-refractivity contribution in [3.05, 3.63) is 41.2 Å². The smallest absolute Gasteiger partial charge is 0.0783 e. The topological polar surface area (TPSA) is 42.7 Å². The Morgan fingerprint density at radius 2 is 2.29 bits per heavy atom. The van der Waals surface area contributed by atoms with Gasteiger partial charge in [-0.05, 0) is 31.2 Å². The molecule has 1 aromatic carbocycles. The summed E-state index contributed by atoms with van der Waals surface area (Å²) in [5.74, 6) is 0. The standard InChI is InChI=1S/C12H15ClN4/c1-2-6-14-8-12-9-15-16-17(12)11-5-3-4-10(13)7-11/h3-5,7,9,14H,2,6,8H2,1H3. The molecule has 0 amide bonds. The van der Waals surface area contributed by atoms with Gasteiger partial charge in [0.15, 0.2) is 0 Å². The lowest BCUT2D eigenvalue weighted by Gasteiger charge is -2.07. The molecule has 1 heterocycles. The van der Waals surface area contributed by atoms with Gasteiger partial charge in [0.1, 0.15) is 0 Å². The third-order valence-electron chi connectivity index (χ3n) is 2.41. The van der Waals surface area contributed by atoms with E-state index in [1.54, 1.807) is 10.9 Å². The molecule has 0 bridgehead atoms. The summed E-state index contributed by atoms with van der Waals surface area (Å²) in [5.41, 5.74) is 1.96. The molecule has 0 radical (unpaired) electrons. The summed E-state index contributed by atoms with van der Waals surface area (Å²) in [5, 5.41) is 12.0. The molecule has 5 heteroatoms. The number of hydrogen-bond acceptors (Lipinski definition) is 3. The Morgan fingerprint density at radius 3 is 3.06 bits per heavy atom. The Hall–Kier alpha value is -1.39. The van der Waals surface area contributed by atoms with Crippen LogP contribution in [0.3, 0.4) is 0 Å².